The zero-order valence-electron chi connectivity index (χ0n) is 18.5. The third-order valence-electron chi connectivity index (χ3n) is 6.67. The van der Waals surface area contributed by atoms with Gasteiger partial charge in [-0.05, 0) is 29.7 Å². The molecule has 1 unspecified atom stereocenters. The van der Waals surface area contributed by atoms with Crippen LogP contribution in [-0.4, -0.2) is 59.9 Å². The number of carbonyl (C=O) groups is 3. The van der Waals surface area contributed by atoms with Crippen molar-refractivity contribution in [2.45, 2.75) is 38.5 Å². The molecule has 0 spiro atoms. The molecular formula is C25H28N4O4. The van der Waals surface area contributed by atoms with Gasteiger partial charge in [-0.2, -0.15) is 0 Å². The third-order valence-corrected chi connectivity index (χ3v) is 6.67. The molecule has 2 fully saturated rings. The molecule has 172 valence electrons. The lowest BCUT2D eigenvalue weighted by Gasteiger charge is -2.29. The van der Waals surface area contributed by atoms with Gasteiger partial charge in [0.15, 0.2) is 0 Å². The van der Waals surface area contributed by atoms with Crippen molar-refractivity contribution < 1.29 is 19.1 Å². The Morgan fingerprint density at radius 3 is 2.58 bits per heavy atom. The predicted octanol–water partition coefficient (Wildman–Crippen LogP) is 1.89. The number of anilines is 1. The summed E-state index contributed by atoms with van der Waals surface area (Å²) >= 11 is 0. The van der Waals surface area contributed by atoms with Crippen molar-refractivity contribution in [3.05, 3.63) is 64.7 Å². The molecule has 0 radical (unpaired) electrons. The summed E-state index contributed by atoms with van der Waals surface area (Å²) in [5.41, 5.74) is 4.91. The Bertz CT molecular complexity index is 1080. The minimum absolute atomic E-state index is 0.157. The van der Waals surface area contributed by atoms with Gasteiger partial charge in [0.2, 0.25) is 11.8 Å². The summed E-state index contributed by atoms with van der Waals surface area (Å²) in [7, 11) is 0. The lowest BCUT2D eigenvalue weighted by atomic mass is 10.0. The molecular weight excluding hydrogens is 420 g/mol. The standard InChI is InChI=1S/C25H28N4O4/c30-23-9-8-22(24(31)27-23)29-16-20-19(25(29)32)6-3-7-21(20)26-14-17-4-1-2-5-18(17)15-28-10-12-33-13-11-28/h1-7,22,26H,8-16H2,(H,27,30,31). The normalized spacial score (nSPS) is 21.2. The Morgan fingerprint density at radius 2 is 1.79 bits per heavy atom. The fraction of sp³-hybridized carbons (Fsp3) is 0.400. The number of morpholine rings is 1. The van der Waals surface area contributed by atoms with Crippen LogP contribution in [0.25, 0.3) is 0 Å². The molecule has 33 heavy (non-hydrogen) atoms. The van der Waals surface area contributed by atoms with Crippen molar-refractivity contribution in [1.82, 2.24) is 15.1 Å². The van der Waals surface area contributed by atoms with Gasteiger partial charge in [-0.15, -0.1) is 0 Å². The first kappa shape index (κ1) is 21.6. The molecule has 2 aromatic carbocycles. The van der Waals surface area contributed by atoms with Gasteiger partial charge in [0.25, 0.3) is 5.91 Å². The second-order valence-corrected chi connectivity index (χ2v) is 8.74. The van der Waals surface area contributed by atoms with Crippen LogP contribution in [0.1, 0.15) is 39.9 Å². The Labute approximate surface area is 192 Å². The van der Waals surface area contributed by atoms with Gasteiger partial charge < -0.3 is 15.0 Å². The van der Waals surface area contributed by atoms with E-state index in [0.29, 0.717) is 25.1 Å². The number of piperidine rings is 1. The summed E-state index contributed by atoms with van der Waals surface area (Å²) in [5, 5.41) is 5.88. The molecule has 1 atom stereocenters. The largest absolute Gasteiger partial charge is 0.381 e. The number of amides is 3. The molecule has 2 saturated heterocycles. The molecule has 0 bridgehead atoms. The molecule has 0 aliphatic carbocycles. The Hall–Kier alpha value is -3.23. The van der Waals surface area contributed by atoms with E-state index in [9.17, 15) is 14.4 Å². The number of hydrogen-bond donors (Lipinski definition) is 2. The van der Waals surface area contributed by atoms with Crippen LogP contribution < -0.4 is 10.6 Å². The van der Waals surface area contributed by atoms with Crippen LogP contribution in [0.3, 0.4) is 0 Å². The topological polar surface area (TPSA) is 91.0 Å². The van der Waals surface area contributed by atoms with E-state index in [1.54, 1.807) is 11.0 Å². The summed E-state index contributed by atoms with van der Waals surface area (Å²) < 4.78 is 5.46. The highest BCUT2D eigenvalue weighted by Crippen LogP contribution is 2.32. The molecule has 2 aromatic rings. The summed E-state index contributed by atoms with van der Waals surface area (Å²) in [6.45, 7) is 5.31. The van der Waals surface area contributed by atoms with E-state index in [1.165, 1.54) is 11.1 Å². The number of nitrogens with zero attached hydrogens (tertiary/aromatic N) is 2. The molecule has 3 heterocycles. The fourth-order valence-corrected chi connectivity index (χ4v) is 4.83. The average molecular weight is 449 g/mol. The molecule has 3 aliphatic heterocycles. The highest BCUT2D eigenvalue weighted by Gasteiger charge is 2.39. The van der Waals surface area contributed by atoms with Crippen molar-refractivity contribution in [2.75, 3.05) is 31.6 Å². The lowest BCUT2D eigenvalue weighted by Crippen LogP contribution is -2.52. The molecule has 5 rings (SSSR count). The fourth-order valence-electron chi connectivity index (χ4n) is 4.83. The van der Waals surface area contributed by atoms with Gasteiger partial charge >= 0.3 is 0 Å². The van der Waals surface area contributed by atoms with E-state index in [2.05, 4.69) is 33.7 Å². The minimum atomic E-state index is -0.607. The van der Waals surface area contributed by atoms with Gasteiger partial charge in [0.1, 0.15) is 6.04 Å². The maximum atomic E-state index is 13.0. The summed E-state index contributed by atoms with van der Waals surface area (Å²) in [4.78, 5) is 40.9. The molecule has 0 aromatic heterocycles. The van der Waals surface area contributed by atoms with Gasteiger partial charge in [-0.3, -0.25) is 24.6 Å². The molecule has 8 nitrogen and oxygen atoms in total. The first-order valence-electron chi connectivity index (χ1n) is 11.5. The zero-order chi connectivity index (χ0) is 22.8. The van der Waals surface area contributed by atoms with E-state index >= 15 is 0 Å². The van der Waals surface area contributed by atoms with Gasteiger partial charge in [0.05, 0.1) is 13.2 Å². The number of fused-ring (bicyclic) bond motifs is 1. The SMILES string of the molecule is O=C1CCC(N2Cc3c(NCc4ccccc4CN4CCOCC4)cccc3C2=O)C(=O)N1. The number of ether oxygens (including phenoxy) is 1. The number of rotatable bonds is 6. The van der Waals surface area contributed by atoms with E-state index in [1.807, 2.05) is 18.2 Å². The van der Waals surface area contributed by atoms with Crippen molar-refractivity contribution >= 4 is 23.4 Å². The molecule has 2 N–H and O–H groups in total. The van der Waals surface area contributed by atoms with Crippen LogP contribution in [0.4, 0.5) is 5.69 Å². The van der Waals surface area contributed by atoms with Gasteiger partial charge in [-0.25, -0.2) is 0 Å². The molecule has 8 heteroatoms. The Morgan fingerprint density at radius 1 is 1.00 bits per heavy atom. The molecule has 0 saturated carbocycles. The second kappa shape index (κ2) is 9.33. The van der Waals surface area contributed by atoms with Crippen LogP contribution in [-0.2, 0) is 34.0 Å². The summed E-state index contributed by atoms with van der Waals surface area (Å²) in [5.74, 6) is -0.826. The van der Waals surface area contributed by atoms with Gasteiger partial charge in [-0.1, -0.05) is 30.3 Å². The van der Waals surface area contributed by atoms with Crippen LogP contribution in [0.2, 0.25) is 0 Å². The lowest BCUT2D eigenvalue weighted by molar-refractivity contribution is -0.136. The monoisotopic (exact) mass is 448 g/mol. The quantitative estimate of drug-likeness (QED) is 0.656. The van der Waals surface area contributed by atoms with Crippen LogP contribution in [0, 0.1) is 0 Å². The van der Waals surface area contributed by atoms with Crippen molar-refractivity contribution in [3.8, 4) is 0 Å². The Kier molecular flexibility index (Phi) is 6.11. The number of carbonyl (C=O) groups excluding carboxylic acids is 3. The highest BCUT2D eigenvalue weighted by atomic mass is 16.5. The van der Waals surface area contributed by atoms with E-state index in [0.717, 1.165) is 44.1 Å². The number of imide groups is 1. The van der Waals surface area contributed by atoms with Gasteiger partial charge in [0, 0.05) is 56.0 Å². The summed E-state index contributed by atoms with van der Waals surface area (Å²) in [6, 6.07) is 13.4. The van der Waals surface area contributed by atoms with Crippen molar-refractivity contribution in [3.63, 3.8) is 0 Å². The van der Waals surface area contributed by atoms with E-state index < -0.39 is 6.04 Å². The van der Waals surface area contributed by atoms with Crippen LogP contribution >= 0.6 is 0 Å². The van der Waals surface area contributed by atoms with Crippen LogP contribution in [0.5, 0.6) is 0 Å². The van der Waals surface area contributed by atoms with E-state index in [-0.39, 0.29) is 24.1 Å². The first-order chi connectivity index (χ1) is 16.1. The zero-order valence-corrected chi connectivity index (χ0v) is 18.5. The first-order valence-corrected chi connectivity index (χ1v) is 11.5. The van der Waals surface area contributed by atoms with Crippen molar-refractivity contribution in [2.24, 2.45) is 0 Å². The molecule has 3 aliphatic rings. The maximum Gasteiger partial charge on any atom is 0.255 e. The predicted molar refractivity (Wildman–Crippen MR) is 122 cm³/mol. The number of nitrogens with one attached hydrogen (secondary N) is 2. The van der Waals surface area contributed by atoms with E-state index in [4.69, 9.17) is 4.74 Å². The number of hydrogen-bond acceptors (Lipinski definition) is 6. The molecule has 3 amide bonds. The maximum absolute atomic E-state index is 13.0. The third kappa shape index (κ3) is 4.49. The highest BCUT2D eigenvalue weighted by molar-refractivity contribution is 6.06. The smallest absolute Gasteiger partial charge is 0.255 e. The van der Waals surface area contributed by atoms with Crippen molar-refractivity contribution in [1.29, 1.82) is 0 Å². The summed E-state index contributed by atoms with van der Waals surface area (Å²) in [6.07, 6.45) is 0.615. The average Bonchev–Trinajstić information content (AvgIpc) is 3.16. The second-order valence-electron chi connectivity index (χ2n) is 8.74. The van der Waals surface area contributed by atoms with Crippen LogP contribution in [0.15, 0.2) is 42.5 Å². The Balaban J connectivity index is 1.30. The number of benzene rings is 2. The minimum Gasteiger partial charge on any atom is -0.381 e.